The average molecular weight is 281 g/mol. The van der Waals surface area contributed by atoms with Gasteiger partial charge in [0.25, 0.3) is 0 Å². The van der Waals surface area contributed by atoms with Gasteiger partial charge in [0.2, 0.25) is 0 Å². The summed E-state index contributed by atoms with van der Waals surface area (Å²) in [5, 5.41) is 0. The fourth-order valence-electron chi connectivity index (χ4n) is 2.04. The SMILES string of the molecule is Cc1nc(C)c(-c2nc3ccc(C(F)(F)F)cc3[nH]2)o1. The maximum absolute atomic E-state index is 12.7. The fourth-order valence-corrected chi connectivity index (χ4v) is 2.04. The minimum absolute atomic E-state index is 0.309. The Hall–Kier alpha value is -2.31. The lowest BCUT2D eigenvalue weighted by Gasteiger charge is -2.05. The van der Waals surface area contributed by atoms with Crippen LogP contribution in [0.4, 0.5) is 13.2 Å². The van der Waals surface area contributed by atoms with Crippen LogP contribution in [0.25, 0.3) is 22.6 Å². The zero-order valence-electron chi connectivity index (χ0n) is 10.7. The quantitative estimate of drug-likeness (QED) is 0.737. The molecule has 1 aromatic carbocycles. The summed E-state index contributed by atoms with van der Waals surface area (Å²) in [4.78, 5) is 11.2. The molecule has 0 aliphatic heterocycles. The largest absolute Gasteiger partial charge is 0.437 e. The third-order valence-electron chi connectivity index (χ3n) is 2.93. The molecule has 4 nitrogen and oxygen atoms in total. The number of hydrogen-bond acceptors (Lipinski definition) is 3. The first-order valence-corrected chi connectivity index (χ1v) is 5.86. The second kappa shape index (κ2) is 4.09. The summed E-state index contributed by atoms with van der Waals surface area (Å²) < 4.78 is 43.4. The van der Waals surface area contributed by atoms with Crippen molar-refractivity contribution >= 4 is 11.0 Å². The Morgan fingerprint density at radius 1 is 1.15 bits per heavy atom. The summed E-state index contributed by atoms with van der Waals surface area (Å²) in [7, 11) is 0. The van der Waals surface area contributed by atoms with Crippen molar-refractivity contribution in [2.24, 2.45) is 0 Å². The Labute approximate surface area is 111 Å². The lowest BCUT2D eigenvalue weighted by Crippen LogP contribution is -2.04. The topological polar surface area (TPSA) is 54.7 Å². The van der Waals surface area contributed by atoms with Gasteiger partial charge in [0, 0.05) is 6.92 Å². The Morgan fingerprint density at radius 2 is 1.90 bits per heavy atom. The molecule has 0 atom stereocenters. The van der Waals surface area contributed by atoms with Gasteiger partial charge in [-0.25, -0.2) is 9.97 Å². The van der Waals surface area contributed by atoms with Gasteiger partial charge in [0.15, 0.2) is 17.5 Å². The van der Waals surface area contributed by atoms with Crippen LogP contribution < -0.4 is 0 Å². The standard InChI is InChI=1S/C13H10F3N3O/c1-6-11(20-7(2)17-6)12-18-9-4-3-8(13(14,15)16)5-10(9)19-12/h3-5H,1-2H3,(H,18,19). The zero-order valence-corrected chi connectivity index (χ0v) is 10.7. The number of alkyl halides is 3. The number of aromatic amines is 1. The van der Waals surface area contributed by atoms with Crippen LogP contribution in [-0.4, -0.2) is 15.0 Å². The molecule has 104 valence electrons. The lowest BCUT2D eigenvalue weighted by atomic mass is 10.2. The molecule has 2 aromatic heterocycles. The summed E-state index contributed by atoms with van der Waals surface area (Å²) in [5.41, 5.74) is 0.674. The number of nitrogens with zero attached hydrogens (tertiary/aromatic N) is 2. The highest BCUT2D eigenvalue weighted by molar-refractivity contribution is 5.79. The molecule has 0 saturated carbocycles. The summed E-state index contributed by atoms with van der Waals surface area (Å²) in [6.07, 6.45) is -4.38. The predicted octanol–water partition coefficient (Wildman–Crippen LogP) is 3.85. The molecule has 1 N–H and O–H groups in total. The highest BCUT2D eigenvalue weighted by Crippen LogP contribution is 2.32. The molecule has 0 unspecified atom stereocenters. The van der Waals surface area contributed by atoms with E-state index in [0.29, 0.717) is 34.2 Å². The monoisotopic (exact) mass is 281 g/mol. The van der Waals surface area contributed by atoms with Crippen LogP contribution in [0.2, 0.25) is 0 Å². The van der Waals surface area contributed by atoms with Gasteiger partial charge in [-0.15, -0.1) is 0 Å². The molecule has 7 heteroatoms. The third-order valence-corrected chi connectivity index (χ3v) is 2.93. The van der Waals surface area contributed by atoms with Crippen molar-refractivity contribution in [3.05, 3.63) is 35.3 Å². The maximum Gasteiger partial charge on any atom is 0.416 e. The Kier molecular flexibility index (Phi) is 2.60. The van der Waals surface area contributed by atoms with Crippen LogP contribution >= 0.6 is 0 Å². The van der Waals surface area contributed by atoms with Gasteiger partial charge in [-0.3, -0.25) is 0 Å². The molecule has 20 heavy (non-hydrogen) atoms. The molecule has 0 aliphatic rings. The average Bonchev–Trinajstić information content (AvgIpc) is 2.89. The summed E-state index contributed by atoms with van der Waals surface area (Å²) >= 11 is 0. The van der Waals surface area contributed by atoms with E-state index in [1.54, 1.807) is 13.8 Å². The lowest BCUT2D eigenvalue weighted by molar-refractivity contribution is -0.137. The van der Waals surface area contributed by atoms with Gasteiger partial charge >= 0.3 is 6.18 Å². The Balaban J connectivity index is 2.14. The molecule has 3 rings (SSSR count). The number of rotatable bonds is 1. The number of halogens is 3. The van der Waals surface area contributed by atoms with Crippen LogP contribution in [0, 0.1) is 13.8 Å². The van der Waals surface area contributed by atoms with Crippen molar-refractivity contribution in [2.75, 3.05) is 0 Å². The van der Waals surface area contributed by atoms with Crippen molar-refractivity contribution in [1.82, 2.24) is 15.0 Å². The van der Waals surface area contributed by atoms with Gasteiger partial charge in [0.05, 0.1) is 22.3 Å². The van der Waals surface area contributed by atoms with Crippen LogP contribution in [0.1, 0.15) is 17.1 Å². The zero-order chi connectivity index (χ0) is 14.5. The van der Waals surface area contributed by atoms with E-state index in [1.807, 2.05) is 0 Å². The number of oxazole rings is 1. The summed E-state index contributed by atoms with van der Waals surface area (Å²) in [6.45, 7) is 3.45. The van der Waals surface area contributed by atoms with E-state index < -0.39 is 11.7 Å². The number of fused-ring (bicyclic) bond motifs is 1. The van der Waals surface area contributed by atoms with E-state index in [1.165, 1.54) is 6.07 Å². The van der Waals surface area contributed by atoms with Crippen LogP contribution in [0.5, 0.6) is 0 Å². The fraction of sp³-hybridized carbons (Fsp3) is 0.231. The first-order chi connectivity index (χ1) is 9.34. The first-order valence-electron chi connectivity index (χ1n) is 5.86. The van der Waals surface area contributed by atoms with E-state index in [0.717, 1.165) is 12.1 Å². The minimum Gasteiger partial charge on any atom is -0.437 e. The summed E-state index contributed by atoms with van der Waals surface area (Å²) in [6, 6.07) is 3.37. The van der Waals surface area contributed by atoms with E-state index in [4.69, 9.17) is 4.42 Å². The molecule has 0 amide bonds. The first kappa shape index (κ1) is 12.7. The van der Waals surface area contributed by atoms with Crippen molar-refractivity contribution in [3.63, 3.8) is 0 Å². The van der Waals surface area contributed by atoms with E-state index in [-0.39, 0.29) is 0 Å². The number of imidazole rings is 1. The second-order valence-corrected chi connectivity index (χ2v) is 4.46. The van der Waals surface area contributed by atoms with E-state index in [9.17, 15) is 13.2 Å². The van der Waals surface area contributed by atoms with Crippen molar-refractivity contribution < 1.29 is 17.6 Å². The molecule has 0 radical (unpaired) electrons. The van der Waals surface area contributed by atoms with Crippen LogP contribution in [0.15, 0.2) is 22.6 Å². The van der Waals surface area contributed by atoms with Crippen molar-refractivity contribution in [2.45, 2.75) is 20.0 Å². The maximum atomic E-state index is 12.7. The number of nitrogens with one attached hydrogen (secondary N) is 1. The van der Waals surface area contributed by atoms with Gasteiger partial charge in [-0.1, -0.05) is 0 Å². The van der Waals surface area contributed by atoms with E-state index in [2.05, 4.69) is 15.0 Å². The molecular weight excluding hydrogens is 271 g/mol. The van der Waals surface area contributed by atoms with Crippen molar-refractivity contribution in [1.29, 1.82) is 0 Å². The molecule has 0 spiro atoms. The normalized spacial score (nSPS) is 12.2. The molecule has 2 heterocycles. The molecule has 0 saturated heterocycles. The van der Waals surface area contributed by atoms with E-state index >= 15 is 0 Å². The highest BCUT2D eigenvalue weighted by Gasteiger charge is 2.30. The predicted molar refractivity (Wildman–Crippen MR) is 66.1 cm³/mol. The van der Waals surface area contributed by atoms with Gasteiger partial charge in [-0.05, 0) is 25.1 Å². The Morgan fingerprint density at radius 3 is 2.50 bits per heavy atom. The van der Waals surface area contributed by atoms with Gasteiger partial charge in [0.1, 0.15) is 0 Å². The molecule has 3 aromatic rings. The highest BCUT2D eigenvalue weighted by atomic mass is 19.4. The molecule has 0 aliphatic carbocycles. The minimum atomic E-state index is -4.38. The second-order valence-electron chi connectivity index (χ2n) is 4.46. The number of aryl methyl sites for hydroxylation is 2. The van der Waals surface area contributed by atoms with Crippen LogP contribution in [0.3, 0.4) is 0 Å². The smallest absolute Gasteiger partial charge is 0.416 e. The Bertz CT molecular complexity index is 786. The number of H-pyrrole nitrogens is 1. The van der Waals surface area contributed by atoms with Gasteiger partial charge < -0.3 is 9.40 Å². The molecule has 0 bridgehead atoms. The van der Waals surface area contributed by atoms with Crippen LogP contribution in [-0.2, 0) is 6.18 Å². The summed E-state index contributed by atoms with van der Waals surface area (Å²) in [5.74, 6) is 1.29. The van der Waals surface area contributed by atoms with Crippen molar-refractivity contribution in [3.8, 4) is 11.6 Å². The van der Waals surface area contributed by atoms with Gasteiger partial charge in [-0.2, -0.15) is 13.2 Å². The third kappa shape index (κ3) is 2.04. The number of benzene rings is 1. The molecule has 0 fully saturated rings. The number of aromatic nitrogens is 3. The molecular formula is C13H10F3N3O. The number of hydrogen-bond donors (Lipinski definition) is 1.